The van der Waals surface area contributed by atoms with Crippen molar-refractivity contribution < 1.29 is 0 Å². The van der Waals surface area contributed by atoms with Crippen molar-refractivity contribution in [3.8, 4) is 0 Å². The molecule has 0 bridgehead atoms. The number of hydrogen-bond acceptors (Lipinski definition) is 3. The Bertz CT molecular complexity index is 493. The molecule has 0 saturated carbocycles. The molecule has 2 rings (SSSR count). The Hall–Kier alpha value is -1.13. The fourth-order valence-electron chi connectivity index (χ4n) is 1.65. The number of rotatable bonds is 3. The molecule has 2 heterocycles. The monoisotopic (exact) mass is 221 g/mol. The van der Waals surface area contributed by atoms with E-state index in [-0.39, 0.29) is 0 Å². The first-order valence-corrected chi connectivity index (χ1v) is 5.84. The normalized spacial score (nSPS) is 12.6. The number of aryl methyl sites for hydroxylation is 1. The summed E-state index contributed by atoms with van der Waals surface area (Å²) in [7, 11) is 1.96. The molecule has 0 aliphatic rings. The fourth-order valence-corrected chi connectivity index (χ4v) is 2.42. The molecule has 4 heteroatoms. The maximum atomic E-state index is 4.50. The van der Waals surface area contributed by atoms with E-state index in [1.54, 1.807) is 11.3 Å². The van der Waals surface area contributed by atoms with Crippen LogP contribution in [0.1, 0.15) is 18.3 Å². The first kappa shape index (κ1) is 10.4. The average molecular weight is 221 g/mol. The van der Waals surface area contributed by atoms with Crippen molar-refractivity contribution in [1.29, 1.82) is 0 Å². The smallest absolute Gasteiger partial charge is 0.194 e. The van der Waals surface area contributed by atoms with E-state index < -0.39 is 0 Å². The molecular formula is C11H15N3S. The Kier molecular flexibility index (Phi) is 2.88. The molecule has 0 saturated heterocycles. The number of hydrogen-bond donors (Lipinski definition) is 1. The van der Waals surface area contributed by atoms with Crippen molar-refractivity contribution >= 4 is 22.4 Å². The summed E-state index contributed by atoms with van der Waals surface area (Å²) in [6.07, 6.45) is 4.26. The van der Waals surface area contributed by atoms with Crippen molar-refractivity contribution in [2.45, 2.75) is 13.8 Å². The topological polar surface area (TPSA) is 29.3 Å². The zero-order valence-electron chi connectivity index (χ0n) is 9.24. The molecule has 0 amide bonds. The van der Waals surface area contributed by atoms with E-state index in [4.69, 9.17) is 0 Å². The molecule has 3 nitrogen and oxygen atoms in total. The van der Waals surface area contributed by atoms with Crippen LogP contribution in [-0.4, -0.2) is 23.0 Å². The van der Waals surface area contributed by atoms with Gasteiger partial charge in [-0.3, -0.25) is 4.40 Å². The van der Waals surface area contributed by atoms with Crippen LogP contribution in [0.4, 0.5) is 0 Å². The number of aromatic nitrogens is 2. The Morgan fingerprint density at radius 2 is 2.47 bits per heavy atom. The number of imidazole rings is 1. The summed E-state index contributed by atoms with van der Waals surface area (Å²) in [6, 6.07) is 0. The highest BCUT2D eigenvalue weighted by molar-refractivity contribution is 7.15. The van der Waals surface area contributed by atoms with Gasteiger partial charge < -0.3 is 5.32 Å². The van der Waals surface area contributed by atoms with Crippen LogP contribution >= 0.6 is 11.3 Å². The first-order valence-electron chi connectivity index (χ1n) is 4.96. The molecule has 0 aliphatic heterocycles. The van der Waals surface area contributed by atoms with Gasteiger partial charge in [-0.05, 0) is 27.0 Å². The molecule has 0 spiro atoms. The van der Waals surface area contributed by atoms with Crippen LogP contribution in [0.25, 0.3) is 11.0 Å². The maximum absolute atomic E-state index is 4.50. The summed E-state index contributed by atoms with van der Waals surface area (Å²) in [5.41, 5.74) is 3.60. The van der Waals surface area contributed by atoms with Crippen LogP contribution in [0.5, 0.6) is 0 Å². The lowest BCUT2D eigenvalue weighted by atomic mass is 10.2. The van der Waals surface area contributed by atoms with Gasteiger partial charge >= 0.3 is 0 Å². The van der Waals surface area contributed by atoms with Crippen LogP contribution in [-0.2, 0) is 0 Å². The summed E-state index contributed by atoms with van der Waals surface area (Å²) in [6.45, 7) is 5.09. The maximum Gasteiger partial charge on any atom is 0.194 e. The van der Waals surface area contributed by atoms with Crippen molar-refractivity contribution in [1.82, 2.24) is 14.7 Å². The van der Waals surface area contributed by atoms with Gasteiger partial charge in [0.25, 0.3) is 0 Å². The van der Waals surface area contributed by atoms with Gasteiger partial charge in [-0.2, -0.15) is 0 Å². The van der Waals surface area contributed by atoms with Crippen molar-refractivity contribution in [3.63, 3.8) is 0 Å². The second-order valence-corrected chi connectivity index (χ2v) is 4.53. The van der Waals surface area contributed by atoms with Gasteiger partial charge in [0, 0.05) is 18.1 Å². The van der Waals surface area contributed by atoms with Crippen molar-refractivity contribution in [2.24, 2.45) is 0 Å². The number of fused-ring (bicyclic) bond motifs is 1. The molecule has 2 aromatic heterocycles. The number of nitrogens with zero attached hydrogens (tertiary/aromatic N) is 2. The zero-order valence-corrected chi connectivity index (χ0v) is 10.1. The van der Waals surface area contributed by atoms with Gasteiger partial charge in [-0.15, -0.1) is 11.3 Å². The van der Waals surface area contributed by atoms with Crippen LogP contribution in [0.3, 0.4) is 0 Å². The van der Waals surface area contributed by atoms with Crippen LogP contribution < -0.4 is 5.32 Å². The molecule has 1 N–H and O–H groups in total. The second-order valence-electron chi connectivity index (χ2n) is 3.66. The zero-order chi connectivity index (χ0) is 10.8. The van der Waals surface area contributed by atoms with E-state index in [1.165, 1.54) is 11.3 Å². The van der Waals surface area contributed by atoms with Crippen LogP contribution in [0, 0.1) is 6.92 Å². The molecular weight excluding hydrogens is 206 g/mol. The molecule has 0 aromatic carbocycles. The largest absolute Gasteiger partial charge is 0.316 e. The fraction of sp³-hybridized carbons (Fsp3) is 0.364. The summed E-state index contributed by atoms with van der Waals surface area (Å²) in [5.74, 6) is 0. The Morgan fingerprint density at radius 3 is 3.20 bits per heavy atom. The van der Waals surface area contributed by atoms with Gasteiger partial charge in [0.15, 0.2) is 4.96 Å². The second kappa shape index (κ2) is 4.16. The highest BCUT2D eigenvalue weighted by Crippen LogP contribution is 2.18. The molecule has 15 heavy (non-hydrogen) atoms. The lowest BCUT2D eigenvalue weighted by Gasteiger charge is -1.99. The summed E-state index contributed by atoms with van der Waals surface area (Å²) >= 11 is 1.67. The summed E-state index contributed by atoms with van der Waals surface area (Å²) in [4.78, 5) is 5.57. The highest BCUT2D eigenvalue weighted by Gasteiger charge is 2.06. The molecule has 80 valence electrons. The SMILES string of the molecule is CNCC(C)=Cc1c(C)nc2sccn12. The van der Waals surface area contributed by atoms with E-state index in [0.717, 1.165) is 17.2 Å². The Morgan fingerprint density at radius 1 is 1.67 bits per heavy atom. The third kappa shape index (κ3) is 1.96. The minimum Gasteiger partial charge on any atom is -0.316 e. The van der Waals surface area contributed by atoms with Gasteiger partial charge in [0.05, 0.1) is 11.4 Å². The molecule has 2 aromatic rings. The summed E-state index contributed by atoms with van der Waals surface area (Å²) < 4.78 is 2.14. The molecule has 0 fully saturated rings. The van der Waals surface area contributed by atoms with Gasteiger partial charge in [-0.25, -0.2) is 4.98 Å². The third-order valence-electron chi connectivity index (χ3n) is 2.32. The number of thiazole rings is 1. The van der Waals surface area contributed by atoms with Crippen molar-refractivity contribution in [3.05, 3.63) is 28.5 Å². The third-order valence-corrected chi connectivity index (χ3v) is 3.08. The minimum atomic E-state index is 0.914. The predicted molar refractivity (Wildman–Crippen MR) is 65.4 cm³/mol. The predicted octanol–water partition coefficient (Wildman–Crippen LogP) is 2.33. The first-order chi connectivity index (χ1) is 7.22. The van der Waals surface area contributed by atoms with E-state index in [2.05, 4.69) is 46.2 Å². The van der Waals surface area contributed by atoms with Gasteiger partial charge in [-0.1, -0.05) is 5.57 Å². The molecule has 0 unspecified atom stereocenters. The van der Waals surface area contributed by atoms with Gasteiger partial charge in [0.1, 0.15) is 0 Å². The molecule has 0 aliphatic carbocycles. The minimum absolute atomic E-state index is 0.914. The van der Waals surface area contributed by atoms with Gasteiger partial charge in [0.2, 0.25) is 0 Å². The Labute approximate surface area is 93.5 Å². The number of likely N-dealkylation sites (N-methyl/N-ethyl adjacent to an activating group) is 1. The Balaban J connectivity index is 2.45. The van der Waals surface area contributed by atoms with Crippen LogP contribution in [0.15, 0.2) is 17.2 Å². The average Bonchev–Trinajstić information content (AvgIpc) is 2.71. The molecule has 0 radical (unpaired) electrons. The standard InChI is InChI=1S/C11H15N3S/c1-8(7-12-3)6-10-9(2)13-11-14(10)4-5-15-11/h4-6,12H,7H2,1-3H3. The quantitative estimate of drug-likeness (QED) is 0.862. The van der Waals surface area contributed by atoms with E-state index in [9.17, 15) is 0 Å². The van der Waals surface area contributed by atoms with E-state index in [0.29, 0.717) is 0 Å². The summed E-state index contributed by atoms with van der Waals surface area (Å²) in [5, 5.41) is 5.21. The van der Waals surface area contributed by atoms with E-state index >= 15 is 0 Å². The highest BCUT2D eigenvalue weighted by atomic mass is 32.1. The number of nitrogens with one attached hydrogen (secondary N) is 1. The van der Waals surface area contributed by atoms with Crippen LogP contribution in [0.2, 0.25) is 0 Å². The van der Waals surface area contributed by atoms with E-state index in [1.807, 2.05) is 7.05 Å². The molecule has 0 atom stereocenters. The lowest BCUT2D eigenvalue weighted by molar-refractivity contribution is 0.884. The van der Waals surface area contributed by atoms with Crippen molar-refractivity contribution in [2.75, 3.05) is 13.6 Å². The lowest BCUT2D eigenvalue weighted by Crippen LogP contribution is -2.08.